The Morgan fingerprint density at radius 2 is 1.78 bits per heavy atom. The number of hydrogen-bond acceptors (Lipinski definition) is 2. The molecule has 0 aliphatic heterocycles. The molecule has 0 amide bonds. The number of hydrogen-bond donors (Lipinski definition) is 0. The summed E-state index contributed by atoms with van der Waals surface area (Å²) in [5, 5.41) is 0. The molecule has 18 heavy (non-hydrogen) atoms. The second-order valence-corrected chi connectivity index (χ2v) is 5.78. The summed E-state index contributed by atoms with van der Waals surface area (Å²) >= 11 is 0. The van der Waals surface area contributed by atoms with Crippen LogP contribution in [0.5, 0.6) is 0 Å². The van der Waals surface area contributed by atoms with Crippen LogP contribution < -0.4 is 4.90 Å². The van der Waals surface area contributed by atoms with Crippen LogP contribution in [-0.2, 0) is 4.79 Å². The fourth-order valence-corrected chi connectivity index (χ4v) is 1.70. The van der Waals surface area contributed by atoms with Crippen LogP contribution in [0, 0.1) is 5.41 Å². The molecule has 1 aromatic carbocycles. The van der Waals surface area contributed by atoms with Crippen molar-refractivity contribution in [2.24, 2.45) is 5.41 Å². The largest absolute Gasteiger partial charge is 0.364 e. The fourth-order valence-electron chi connectivity index (χ4n) is 1.70. The lowest BCUT2D eigenvalue weighted by molar-refractivity contribution is -0.124. The maximum Gasteiger partial charge on any atom is 0.157 e. The highest BCUT2D eigenvalue weighted by atomic mass is 16.1. The Hall–Kier alpha value is -1.31. The molecule has 1 rings (SSSR count). The average Bonchev–Trinajstić information content (AvgIpc) is 2.34. The maximum absolute atomic E-state index is 12.2. The molecule has 0 aliphatic rings. The van der Waals surface area contributed by atoms with Crippen LogP contribution in [0.25, 0.3) is 0 Å². The van der Waals surface area contributed by atoms with E-state index in [1.165, 1.54) is 0 Å². The minimum Gasteiger partial charge on any atom is -0.364 e. The van der Waals surface area contributed by atoms with Gasteiger partial charge in [-0.15, -0.1) is 0 Å². The number of para-hydroxylation sites is 1. The Morgan fingerprint density at radius 1 is 1.17 bits per heavy atom. The van der Waals surface area contributed by atoms with Crippen LogP contribution >= 0.6 is 0 Å². The van der Waals surface area contributed by atoms with Crippen molar-refractivity contribution < 1.29 is 4.79 Å². The highest BCUT2D eigenvalue weighted by molar-refractivity contribution is 5.88. The number of Topliss-reactive ketones (excluding diaryl/α,β-unsaturated/α-hetero) is 1. The second-order valence-electron chi connectivity index (χ2n) is 5.78. The Balaban J connectivity index is 2.77. The minimum absolute atomic E-state index is 0.265. The molecular weight excluding hydrogens is 222 g/mol. The lowest BCUT2D eigenvalue weighted by Gasteiger charge is -2.27. The van der Waals surface area contributed by atoms with Crippen molar-refractivity contribution in [2.45, 2.75) is 40.5 Å². The molecule has 0 saturated heterocycles. The summed E-state index contributed by atoms with van der Waals surface area (Å²) in [6, 6.07) is 10.2. The van der Waals surface area contributed by atoms with Gasteiger partial charge in [-0.05, 0) is 18.6 Å². The van der Waals surface area contributed by atoms with E-state index in [1.54, 1.807) is 0 Å². The highest BCUT2D eigenvalue weighted by Gasteiger charge is 2.23. The van der Waals surface area contributed by atoms with Gasteiger partial charge in [0.2, 0.25) is 0 Å². The molecule has 100 valence electrons. The van der Waals surface area contributed by atoms with Gasteiger partial charge < -0.3 is 4.90 Å². The van der Waals surface area contributed by atoms with E-state index >= 15 is 0 Å². The first-order valence-corrected chi connectivity index (χ1v) is 6.78. The molecule has 0 unspecified atom stereocenters. The summed E-state index contributed by atoms with van der Waals surface area (Å²) in [6.07, 6.45) is 2.26. The quantitative estimate of drug-likeness (QED) is 0.759. The molecule has 2 nitrogen and oxygen atoms in total. The molecular formula is C16H25NO. The van der Waals surface area contributed by atoms with Gasteiger partial charge in [-0.1, -0.05) is 52.3 Å². The van der Waals surface area contributed by atoms with Crippen LogP contribution in [0.15, 0.2) is 30.3 Å². The number of carbonyl (C=O) groups excluding carboxylic acids is 1. The van der Waals surface area contributed by atoms with E-state index in [1.807, 2.05) is 39.0 Å². The number of ketones is 1. The molecule has 0 aliphatic carbocycles. The summed E-state index contributed by atoms with van der Waals surface area (Å²) < 4.78 is 0. The van der Waals surface area contributed by atoms with Crippen LogP contribution in [0.3, 0.4) is 0 Å². The van der Waals surface area contributed by atoms with Crippen molar-refractivity contribution >= 4 is 11.5 Å². The molecule has 0 spiro atoms. The zero-order chi connectivity index (χ0) is 13.6. The lowest BCUT2D eigenvalue weighted by atomic mass is 9.90. The number of carbonyl (C=O) groups is 1. The van der Waals surface area contributed by atoms with E-state index in [4.69, 9.17) is 0 Å². The van der Waals surface area contributed by atoms with Crippen LogP contribution in [-0.4, -0.2) is 18.9 Å². The van der Waals surface area contributed by atoms with E-state index in [0.29, 0.717) is 12.3 Å². The number of nitrogens with zero attached hydrogens (tertiary/aromatic N) is 1. The van der Waals surface area contributed by atoms with E-state index in [0.717, 1.165) is 25.1 Å². The van der Waals surface area contributed by atoms with Gasteiger partial charge in [-0.25, -0.2) is 0 Å². The summed E-state index contributed by atoms with van der Waals surface area (Å²) in [5.74, 6) is 0.294. The first kappa shape index (κ1) is 14.7. The molecule has 0 bridgehead atoms. The van der Waals surface area contributed by atoms with Crippen molar-refractivity contribution in [3.8, 4) is 0 Å². The summed E-state index contributed by atoms with van der Waals surface area (Å²) in [6.45, 7) is 9.58. The van der Waals surface area contributed by atoms with Crippen LogP contribution in [0.2, 0.25) is 0 Å². The average molecular weight is 247 g/mol. The smallest absolute Gasteiger partial charge is 0.157 e. The molecule has 2 heteroatoms. The lowest BCUT2D eigenvalue weighted by Crippen LogP contribution is -2.36. The molecule has 0 fully saturated rings. The van der Waals surface area contributed by atoms with Crippen LogP contribution in [0.1, 0.15) is 40.5 Å². The predicted molar refractivity (Wildman–Crippen MR) is 78.0 cm³/mol. The Bertz CT molecular complexity index is 364. The van der Waals surface area contributed by atoms with E-state index < -0.39 is 0 Å². The van der Waals surface area contributed by atoms with Crippen molar-refractivity contribution in [3.05, 3.63) is 30.3 Å². The van der Waals surface area contributed by atoms with Gasteiger partial charge >= 0.3 is 0 Å². The third-order valence-electron chi connectivity index (χ3n) is 3.07. The van der Waals surface area contributed by atoms with E-state index in [9.17, 15) is 4.79 Å². The topological polar surface area (TPSA) is 20.3 Å². The number of rotatable bonds is 6. The standard InChI is InChI=1S/C16H25NO/c1-5-6-12-17(13-15(18)16(2,3)4)14-10-8-7-9-11-14/h7-11H,5-6,12-13H2,1-4H3. The van der Waals surface area contributed by atoms with Crippen molar-refractivity contribution in [2.75, 3.05) is 18.0 Å². The molecule has 0 N–H and O–H groups in total. The molecule has 0 aromatic heterocycles. The SMILES string of the molecule is CCCCN(CC(=O)C(C)(C)C)c1ccccc1. The van der Waals surface area contributed by atoms with Crippen LogP contribution in [0.4, 0.5) is 5.69 Å². The predicted octanol–water partition coefficient (Wildman–Crippen LogP) is 3.91. The van der Waals surface area contributed by atoms with Crippen molar-refractivity contribution in [3.63, 3.8) is 0 Å². The van der Waals surface area contributed by atoms with Crippen molar-refractivity contribution in [1.29, 1.82) is 0 Å². The van der Waals surface area contributed by atoms with Gasteiger partial charge in [-0.3, -0.25) is 4.79 Å². The highest BCUT2D eigenvalue weighted by Crippen LogP contribution is 2.19. The van der Waals surface area contributed by atoms with Gasteiger partial charge in [0.05, 0.1) is 6.54 Å². The zero-order valence-corrected chi connectivity index (χ0v) is 12.1. The molecule has 0 heterocycles. The van der Waals surface area contributed by atoms with E-state index in [2.05, 4.69) is 24.0 Å². The molecule has 1 aromatic rings. The van der Waals surface area contributed by atoms with Gasteiger partial charge in [0.25, 0.3) is 0 Å². The maximum atomic E-state index is 12.2. The first-order chi connectivity index (χ1) is 8.45. The zero-order valence-electron chi connectivity index (χ0n) is 12.1. The van der Waals surface area contributed by atoms with Gasteiger partial charge in [0, 0.05) is 17.6 Å². The number of unbranched alkanes of at least 4 members (excludes halogenated alkanes) is 1. The molecule has 0 atom stereocenters. The minimum atomic E-state index is -0.265. The number of anilines is 1. The Morgan fingerprint density at radius 3 is 2.28 bits per heavy atom. The normalized spacial score (nSPS) is 11.3. The molecule has 0 radical (unpaired) electrons. The second kappa shape index (κ2) is 6.58. The number of benzene rings is 1. The summed E-state index contributed by atoms with van der Waals surface area (Å²) in [7, 11) is 0. The summed E-state index contributed by atoms with van der Waals surface area (Å²) in [5.41, 5.74) is 0.878. The Kier molecular flexibility index (Phi) is 5.39. The molecule has 0 saturated carbocycles. The first-order valence-electron chi connectivity index (χ1n) is 6.78. The van der Waals surface area contributed by atoms with E-state index in [-0.39, 0.29) is 5.41 Å². The van der Waals surface area contributed by atoms with Gasteiger partial charge in [-0.2, -0.15) is 0 Å². The van der Waals surface area contributed by atoms with Gasteiger partial charge in [0.15, 0.2) is 5.78 Å². The van der Waals surface area contributed by atoms with Crippen molar-refractivity contribution in [1.82, 2.24) is 0 Å². The van der Waals surface area contributed by atoms with Gasteiger partial charge in [0.1, 0.15) is 0 Å². The monoisotopic (exact) mass is 247 g/mol. The third-order valence-corrected chi connectivity index (χ3v) is 3.07. The summed E-state index contributed by atoms with van der Waals surface area (Å²) in [4.78, 5) is 14.4. The third kappa shape index (κ3) is 4.52. The Labute approximate surface area is 111 Å². The fraction of sp³-hybridized carbons (Fsp3) is 0.562.